The minimum Gasteiger partial charge on any atom is -0.463 e. The number of hydrogen-bond donors (Lipinski definition) is 3. The zero-order valence-electron chi connectivity index (χ0n) is 21.3. The number of carbonyl (C=O) groups excluding carboxylic acids is 5. The molecular weight excluding hydrogens is 520 g/mol. The summed E-state index contributed by atoms with van der Waals surface area (Å²) in [4.78, 5) is 58.7. The Labute approximate surface area is 216 Å². The van der Waals surface area contributed by atoms with Crippen LogP contribution in [0.5, 0.6) is 0 Å². The first kappa shape index (κ1) is 31.3. The van der Waals surface area contributed by atoms with Gasteiger partial charge in [-0.05, 0) is 0 Å². The van der Waals surface area contributed by atoms with Gasteiger partial charge in [0.05, 0.1) is 6.61 Å². The molecule has 4 unspecified atom stereocenters. The fourth-order valence-electron chi connectivity index (χ4n) is 3.99. The van der Waals surface area contributed by atoms with Gasteiger partial charge in [-0.1, -0.05) is 0 Å². The zero-order valence-corrected chi connectivity index (χ0v) is 21.3. The van der Waals surface area contributed by atoms with Crippen LogP contribution in [0.15, 0.2) is 0 Å². The summed E-state index contributed by atoms with van der Waals surface area (Å²) in [7, 11) is 0. The molecule has 10 atom stereocenters. The number of carbonyl (C=O) groups is 5. The molecular formula is C22H32O16. The molecule has 38 heavy (non-hydrogen) atoms. The number of rotatable bonds is 9. The van der Waals surface area contributed by atoms with E-state index < -0.39 is 104 Å². The van der Waals surface area contributed by atoms with Gasteiger partial charge in [0, 0.05) is 34.6 Å². The molecule has 2 aliphatic heterocycles. The van der Waals surface area contributed by atoms with Crippen molar-refractivity contribution in [3.8, 4) is 0 Å². The molecule has 216 valence electrons. The van der Waals surface area contributed by atoms with E-state index in [2.05, 4.69) is 0 Å². The lowest BCUT2D eigenvalue weighted by atomic mass is 9.96. The number of hydrogen-bond acceptors (Lipinski definition) is 16. The standard InChI is InChI=1S/C22H32O16/c1-8(24)31-7-14-16(18(33-10(3)26)19(21(30)36-14)34-11(4)27)38-22-20(35-12(5)28)17(32-9(2)25)15(29)13(6-23)37-22/h13-23,29-30H,6-7H2,1-5H3/t13?,14?,15-,16-,17+,18+,19?,20?,21+,22-/m1/s1. The molecule has 2 rings (SSSR count). The molecule has 16 nitrogen and oxygen atoms in total. The predicted octanol–water partition coefficient (Wildman–Crippen LogP) is -2.54. The molecule has 2 saturated heterocycles. The van der Waals surface area contributed by atoms with Crippen LogP contribution in [-0.2, 0) is 61.9 Å². The summed E-state index contributed by atoms with van der Waals surface area (Å²) in [6.45, 7) is 3.86. The predicted molar refractivity (Wildman–Crippen MR) is 116 cm³/mol. The molecule has 0 aliphatic carbocycles. The van der Waals surface area contributed by atoms with Gasteiger partial charge < -0.3 is 53.2 Å². The molecule has 0 amide bonds. The van der Waals surface area contributed by atoms with Gasteiger partial charge in [0.2, 0.25) is 0 Å². The number of esters is 5. The van der Waals surface area contributed by atoms with E-state index in [4.69, 9.17) is 37.9 Å². The first-order valence-corrected chi connectivity index (χ1v) is 11.5. The summed E-state index contributed by atoms with van der Waals surface area (Å²) in [5, 5.41) is 30.8. The Balaban J connectivity index is 2.54. The third-order valence-electron chi connectivity index (χ3n) is 5.36. The van der Waals surface area contributed by atoms with Crippen LogP contribution in [0.3, 0.4) is 0 Å². The van der Waals surface area contributed by atoms with Gasteiger partial charge in [0.15, 0.2) is 37.0 Å². The third kappa shape index (κ3) is 8.31. The highest BCUT2D eigenvalue weighted by Crippen LogP contribution is 2.33. The van der Waals surface area contributed by atoms with Crippen molar-refractivity contribution in [3.63, 3.8) is 0 Å². The van der Waals surface area contributed by atoms with Gasteiger partial charge >= 0.3 is 29.8 Å². The van der Waals surface area contributed by atoms with Crippen LogP contribution in [0, 0.1) is 0 Å². The van der Waals surface area contributed by atoms with Crippen molar-refractivity contribution in [3.05, 3.63) is 0 Å². The van der Waals surface area contributed by atoms with Crippen molar-refractivity contribution in [2.24, 2.45) is 0 Å². The van der Waals surface area contributed by atoms with Crippen LogP contribution in [-0.4, -0.2) is 120 Å². The van der Waals surface area contributed by atoms with Crippen LogP contribution >= 0.6 is 0 Å². The fourth-order valence-corrected chi connectivity index (χ4v) is 3.99. The molecule has 0 spiro atoms. The van der Waals surface area contributed by atoms with Gasteiger partial charge in [-0.25, -0.2) is 0 Å². The van der Waals surface area contributed by atoms with E-state index in [1.54, 1.807) is 0 Å². The molecule has 16 heteroatoms. The number of ether oxygens (including phenoxy) is 8. The second-order valence-electron chi connectivity index (χ2n) is 8.48. The van der Waals surface area contributed by atoms with Gasteiger partial charge in [0.25, 0.3) is 0 Å². The van der Waals surface area contributed by atoms with Crippen LogP contribution in [0.2, 0.25) is 0 Å². The number of aliphatic hydroxyl groups is 3. The summed E-state index contributed by atoms with van der Waals surface area (Å²) >= 11 is 0. The topological polar surface area (TPSA) is 220 Å². The molecule has 2 heterocycles. The molecule has 0 aromatic rings. The first-order chi connectivity index (χ1) is 17.7. The van der Waals surface area contributed by atoms with Crippen LogP contribution < -0.4 is 0 Å². The Morgan fingerprint density at radius 1 is 0.632 bits per heavy atom. The summed E-state index contributed by atoms with van der Waals surface area (Å²) in [5.74, 6) is -4.26. The largest absolute Gasteiger partial charge is 0.463 e. The lowest BCUT2D eigenvalue weighted by Gasteiger charge is -2.47. The lowest BCUT2D eigenvalue weighted by molar-refractivity contribution is -0.356. The Morgan fingerprint density at radius 2 is 1.13 bits per heavy atom. The Morgan fingerprint density at radius 3 is 1.63 bits per heavy atom. The van der Waals surface area contributed by atoms with Gasteiger partial charge in [-0.3, -0.25) is 24.0 Å². The molecule has 0 aromatic carbocycles. The monoisotopic (exact) mass is 552 g/mol. The van der Waals surface area contributed by atoms with Crippen molar-refractivity contribution in [1.29, 1.82) is 0 Å². The third-order valence-corrected chi connectivity index (χ3v) is 5.36. The highest BCUT2D eigenvalue weighted by Gasteiger charge is 2.55. The van der Waals surface area contributed by atoms with E-state index in [0.717, 1.165) is 34.6 Å². The maximum atomic E-state index is 11.9. The van der Waals surface area contributed by atoms with Gasteiger partial charge in [0.1, 0.15) is 31.0 Å². The molecule has 2 aliphatic rings. The van der Waals surface area contributed by atoms with E-state index in [0.29, 0.717) is 0 Å². The van der Waals surface area contributed by atoms with Crippen molar-refractivity contribution in [2.45, 2.75) is 96.0 Å². The zero-order chi connectivity index (χ0) is 28.7. The maximum absolute atomic E-state index is 11.9. The normalized spacial score (nSPS) is 34.9. The minimum absolute atomic E-state index is 0.550. The Bertz CT molecular complexity index is 875. The average Bonchev–Trinajstić information content (AvgIpc) is 2.79. The van der Waals surface area contributed by atoms with Crippen molar-refractivity contribution < 1.29 is 77.2 Å². The lowest BCUT2D eigenvalue weighted by Crippen LogP contribution is -2.66. The fraction of sp³-hybridized carbons (Fsp3) is 0.773. The molecule has 2 fully saturated rings. The Hall–Kier alpha value is -2.89. The van der Waals surface area contributed by atoms with E-state index in [-0.39, 0.29) is 0 Å². The summed E-state index contributed by atoms with van der Waals surface area (Å²) in [6, 6.07) is 0. The second-order valence-corrected chi connectivity index (χ2v) is 8.48. The van der Waals surface area contributed by atoms with Crippen LogP contribution in [0.4, 0.5) is 0 Å². The SMILES string of the molecule is CC(=O)OCC1O[C@H](O)C(OC(C)=O)[C@@H](OC(C)=O)[C@@H]1O[C@H]1OC(CO)[C@@H](O)[C@H](OC(C)=O)C1OC(C)=O. The van der Waals surface area contributed by atoms with Crippen molar-refractivity contribution in [1.82, 2.24) is 0 Å². The van der Waals surface area contributed by atoms with Crippen LogP contribution in [0.25, 0.3) is 0 Å². The van der Waals surface area contributed by atoms with E-state index in [9.17, 15) is 39.3 Å². The molecule has 3 N–H and O–H groups in total. The van der Waals surface area contributed by atoms with Gasteiger partial charge in [-0.15, -0.1) is 0 Å². The highest BCUT2D eigenvalue weighted by atomic mass is 16.8. The highest BCUT2D eigenvalue weighted by molar-refractivity contribution is 5.68. The minimum atomic E-state index is -1.86. The van der Waals surface area contributed by atoms with Gasteiger partial charge in [-0.2, -0.15) is 0 Å². The molecule has 0 radical (unpaired) electrons. The summed E-state index contributed by atoms with van der Waals surface area (Å²) in [6.07, 6.45) is -16.0. The average molecular weight is 552 g/mol. The van der Waals surface area contributed by atoms with E-state index >= 15 is 0 Å². The van der Waals surface area contributed by atoms with Crippen molar-refractivity contribution in [2.75, 3.05) is 13.2 Å². The van der Waals surface area contributed by atoms with E-state index in [1.165, 1.54) is 0 Å². The van der Waals surface area contributed by atoms with Crippen LogP contribution in [0.1, 0.15) is 34.6 Å². The summed E-state index contributed by atoms with van der Waals surface area (Å²) < 4.78 is 42.6. The molecule has 0 saturated carbocycles. The Kier molecular flexibility index (Phi) is 11.4. The van der Waals surface area contributed by atoms with E-state index in [1.807, 2.05) is 0 Å². The molecule has 0 bridgehead atoms. The quantitative estimate of drug-likeness (QED) is 0.198. The maximum Gasteiger partial charge on any atom is 0.303 e. The smallest absolute Gasteiger partial charge is 0.303 e. The second kappa shape index (κ2) is 13.8. The number of aliphatic hydroxyl groups excluding tert-OH is 3. The first-order valence-electron chi connectivity index (χ1n) is 11.5. The summed E-state index contributed by atoms with van der Waals surface area (Å²) in [5.41, 5.74) is 0. The molecule has 0 aromatic heterocycles. The van der Waals surface area contributed by atoms with Crippen molar-refractivity contribution >= 4 is 29.8 Å².